The van der Waals surface area contributed by atoms with Gasteiger partial charge in [-0.15, -0.1) is 18.3 Å². The molecule has 0 aromatic heterocycles. The Balaban J connectivity index is 3.81. The fraction of sp³-hybridized carbons (Fsp3) is 0.600. The summed E-state index contributed by atoms with van der Waals surface area (Å²) in [6.45, 7) is 4.02. The number of hydrogen-bond acceptors (Lipinski definition) is 4. The van der Waals surface area contributed by atoms with Crippen LogP contribution in [-0.4, -0.2) is 48.2 Å². The summed E-state index contributed by atoms with van der Waals surface area (Å²) in [6.07, 6.45) is 1.70. The summed E-state index contributed by atoms with van der Waals surface area (Å²) in [5.41, 5.74) is 0. The van der Waals surface area contributed by atoms with Crippen LogP contribution in [0, 0.1) is 0 Å². The van der Waals surface area contributed by atoms with Crippen LogP contribution in [0.4, 0.5) is 0 Å². The van der Waals surface area contributed by atoms with Crippen molar-refractivity contribution in [3.05, 3.63) is 12.7 Å². The van der Waals surface area contributed by atoms with Gasteiger partial charge in [0.25, 0.3) is 0 Å². The predicted molar refractivity (Wildman–Crippen MR) is 63.6 cm³/mol. The van der Waals surface area contributed by atoms with E-state index in [1.165, 1.54) is 17.8 Å². The molecule has 0 aliphatic carbocycles. The Morgan fingerprint density at radius 2 is 2.31 bits per heavy atom. The lowest BCUT2D eigenvalue weighted by atomic mass is 10.2. The van der Waals surface area contributed by atoms with E-state index in [1.807, 2.05) is 0 Å². The number of carbonyl (C=O) groups is 2. The average Bonchev–Trinajstić information content (AvgIpc) is 2.23. The lowest BCUT2D eigenvalue weighted by molar-refractivity contribution is -0.141. The first-order chi connectivity index (χ1) is 7.61. The van der Waals surface area contributed by atoms with Crippen molar-refractivity contribution >= 4 is 23.6 Å². The van der Waals surface area contributed by atoms with Gasteiger partial charge in [0.15, 0.2) is 0 Å². The molecular formula is C10H17NO4S. The summed E-state index contributed by atoms with van der Waals surface area (Å²) in [7, 11) is 1.59. The van der Waals surface area contributed by atoms with Crippen LogP contribution in [0.15, 0.2) is 12.7 Å². The Morgan fingerprint density at radius 1 is 1.62 bits per heavy atom. The van der Waals surface area contributed by atoms with E-state index in [1.54, 1.807) is 7.11 Å². The number of ether oxygens (including phenoxy) is 1. The molecule has 0 aliphatic rings. The minimum absolute atomic E-state index is 0.226. The molecule has 1 atom stereocenters. The molecule has 0 spiro atoms. The average molecular weight is 247 g/mol. The van der Waals surface area contributed by atoms with Crippen LogP contribution in [0.2, 0.25) is 0 Å². The van der Waals surface area contributed by atoms with Crippen LogP contribution in [0.5, 0.6) is 0 Å². The van der Waals surface area contributed by atoms with Crippen LogP contribution in [-0.2, 0) is 14.3 Å². The predicted octanol–water partition coefficient (Wildman–Crippen LogP) is 0.512. The third kappa shape index (κ3) is 7.30. The first-order valence-corrected chi connectivity index (χ1v) is 5.97. The zero-order valence-corrected chi connectivity index (χ0v) is 10.1. The summed E-state index contributed by atoms with van der Waals surface area (Å²) in [6, 6.07) is -0.881. The van der Waals surface area contributed by atoms with Crippen molar-refractivity contribution in [2.24, 2.45) is 0 Å². The lowest BCUT2D eigenvalue weighted by Crippen LogP contribution is -2.41. The summed E-state index contributed by atoms with van der Waals surface area (Å²) in [4.78, 5) is 22.0. The molecule has 6 heteroatoms. The van der Waals surface area contributed by atoms with Gasteiger partial charge in [0.2, 0.25) is 5.91 Å². The van der Waals surface area contributed by atoms with Crippen molar-refractivity contribution < 1.29 is 19.4 Å². The number of carboxylic acid groups (broad SMARTS) is 1. The summed E-state index contributed by atoms with van der Waals surface area (Å²) in [5.74, 6) is -0.376. The van der Waals surface area contributed by atoms with Gasteiger partial charge < -0.3 is 15.2 Å². The minimum Gasteiger partial charge on any atom is -0.480 e. The molecule has 0 aromatic carbocycles. The zero-order chi connectivity index (χ0) is 12.4. The Hall–Kier alpha value is -1.01. The Bertz CT molecular complexity index is 245. The number of methoxy groups -OCH3 is 1. The van der Waals surface area contributed by atoms with Crippen molar-refractivity contribution in [2.45, 2.75) is 12.5 Å². The van der Waals surface area contributed by atoms with Crippen LogP contribution >= 0.6 is 11.8 Å². The maximum atomic E-state index is 11.3. The molecule has 16 heavy (non-hydrogen) atoms. The molecule has 1 amide bonds. The smallest absolute Gasteiger partial charge is 0.326 e. The van der Waals surface area contributed by atoms with Gasteiger partial charge in [0, 0.05) is 12.9 Å². The van der Waals surface area contributed by atoms with Gasteiger partial charge in [-0.3, -0.25) is 4.79 Å². The van der Waals surface area contributed by atoms with Crippen molar-refractivity contribution in [1.82, 2.24) is 5.32 Å². The number of aliphatic carboxylic acids is 1. The van der Waals surface area contributed by atoms with E-state index in [-0.39, 0.29) is 18.1 Å². The zero-order valence-electron chi connectivity index (χ0n) is 9.27. The molecule has 1 unspecified atom stereocenters. The maximum absolute atomic E-state index is 11.3. The van der Waals surface area contributed by atoms with Crippen LogP contribution < -0.4 is 5.32 Å². The third-order valence-electron chi connectivity index (χ3n) is 1.70. The maximum Gasteiger partial charge on any atom is 0.326 e. The third-order valence-corrected chi connectivity index (χ3v) is 2.62. The van der Waals surface area contributed by atoms with Crippen molar-refractivity contribution in [3.63, 3.8) is 0 Å². The highest BCUT2D eigenvalue weighted by atomic mass is 32.2. The number of nitrogens with one attached hydrogen (secondary N) is 1. The second-order valence-corrected chi connectivity index (χ2v) is 4.13. The molecule has 0 aliphatic heterocycles. The van der Waals surface area contributed by atoms with Gasteiger partial charge >= 0.3 is 5.97 Å². The number of carbonyl (C=O) groups excluding carboxylic acids is 1. The van der Waals surface area contributed by atoms with Crippen LogP contribution in [0.25, 0.3) is 0 Å². The number of hydrogen-bond donors (Lipinski definition) is 2. The van der Waals surface area contributed by atoms with E-state index in [2.05, 4.69) is 11.9 Å². The largest absolute Gasteiger partial charge is 0.480 e. The van der Waals surface area contributed by atoms with Crippen LogP contribution in [0.3, 0.4) is 0 Å². The molecule has 0 rings (SSSR count). The number of amides is 1. The fourth-order valence-electron chi connectivity index (χ4n) is 0.931. The summed E-state index contributed by atoms with van der Waals surface area (Å²) >= 11 is 1.40. The second kappa shape index (κ2) is 9.23. The monoisotopic (exact) mass is 247 g/mol. The number of rotatable bonds is 9. The van der Waals surface area contributed by atoms with Gasteiger partial charge in [-0.2, -0.15) is 0 Å². The highest BCUT2D eigenvalue weighted by Gasteiger charge is 2.17. The molecule has 5 nitrogen and oxygen atoms in total. The summed E-state index contributed by atoms with van der Waals surface area (Å²) in [5, 5.41) is 11.2. The first kappa shape index (κ1) is 15.0. The second-order valence-electron chi connectivity index (χ2n) is 3.03. The molecule has 0 saturated heterocycles. The van der Waals surface area contributed by atoms with E-state index >= 15 is 0 Å². The first-order valence-electron chi connectivity index (χ1n) is 4.81. The van der Waals surface area contributed by atoms with Crippen LogP contribution in [0.1, 0.15) is 6.42 Å². The molecule has 0 heterocycles. The van der Waals surface area contributed by atoms with E-state index < -0.39 is 12.0 Å². The van der Waals surface area contributed by atoms with Crippen molar-refractivity contribution in [1.29, 1.82) is 0 Å². The number of thioether (sulfide) groups is 1. The van der Waals surface area contributed by atoms with Gasteiger partial charge in [0.05, 0.1) is 12.4 Å². The molecule has 0 aromatic rings. The minimum atomic E-state index is -1.05. The van der Waals surface area contributed by atoms with E-state index in [0.29, 0.717) is 12.4 Å². The van der Waals surface area contributed by atoms with E-state index in [0.717, 1.165) is 0 Å². The Morgan fingerprint density at radius 3 is 2.81 bits per heavy atom. The quantitative estimate of drug-likeness (QED) is 0.458. The normalized spacial score (nSPS) is 11.8. The SMILES string of the molecule is C=CCC(NC(=O)CSCCOC)C(=O)O. The molecule has 92 valence electrons. The number of carboxylic acids is 1. The highest BCUT2D eigenvalue weighted by molar-refractivity contribution is 7.99. The molecular weight excluding hydrogens is 230 g/mol. The van der Waals surface area contributed by atoms with Gasteiger partial charge in [0.1, 0.15) is 6.04 Å². The Kier molecular flexibility index (Phi) is 8.65. The molecule has 0 bridgehead atoms. The molecule has 0 radical (unpaired) electrons. The van der Waals surface area contributed by atoms with E-state index in [9.17, 15) is 9.59 Å². The van der Waals surface area contributed by atoms with Crippen molar-refractivity contribution in [3.8, 4) is 0 Å². The van der Waals surface area contributed by atoms with Gasteiger partial charge in [-0.1, -0.05) is 6.08 Å². The standard InChI is InChI=1S/C10H17NO4S/c1-3-4-8(10(13)14)11-9(12)7-16-6-5-15-2/h3,8H,1,4-7H2,2H3,(H,11,12)(H,13,14). The topological polar surface area (TPSA) is 75.6 Å². The fourth-order valence-corrected chi connectivity index (χ4v) is 1.63. The molecule has 2 N–H and O–H groups in total. The van der Waals surface area contributed by atoms with Gasteiger partial charge in [-0.25, -0.2) is 4.79 Å². The summed E-state index contributed by atoms with van der Waals surface area (Å²) < 4.78 is 4.82. The molecule has 0 saturated carbocycles. The van der Waals surface area contributed by atoms with E-state index in [4.69, 9.17) is 9.84 Å². The Labute approximate surface area is 99.2 Å². The van der Waals surface area contributed by atoms with Crippen molar-refractivity contribution in [2.75, 3.05) is 25.2 Å². The highest BCUT2D eigenvalue weighted by Crippen LogP contribution is 2.00. The van der Waals surface area contributed by atoms with Gasteiger partial charge in [-0.05, 0) is 6.42 Å². The lowest BCUT2D eigenvalue weighted by Gasteiger charge is -2.12. The molecule has 0 fully saturated rings.